The predicted octanol–water partition coefficient (Wildman–Crippen LogP) is 2.53. The van der Waals surface area contributed by atoms with Crippen LogP contribution in [0, 0.1) is 19.3 Å². The standard InChI is InChI=1S/C13H16N2O/c1-3-4-5-9-14-13(16)15-12-8-6-7-11(2)10-12/h1,6-8,10H,4-5,9H2,2H3,(H2,14,15,16). The zero-order valence-corrected chi connectivity index (χ0v) is 9.42. The molecule has 0 spiro atoms. The van der Waals surface area contributed by atoms with Gasteiger partial charge in [0.25, 0.3) is 0 Å². The molecular formula is C13H16N2O. The monoisotopic (exact) mass is 216 g/mol. The fourth-order valence-corrected chi connectivity index (χ4v) is 1.29. The zero-order valence-electron chi connectivity index (χ0n) is 9.42. The summed E-state index contributed by atoms with van der Waals surface area (Å²) in [6.45, 7) is 2.58. The van der Waals surface area contributed by atoms with E-state index in [0.29, 0.717) is 13.0 Å². The van der Waals surface area contributed by atoms with Gasteiger partial charge in [0.05, 0.1) is 0 Å². The minimum Gasteiger partial charge on any atom is -0.338 e. The van der Waals surface area contributed by atoms with Crippen molar-refractivity contribution in [3.05, 3.63) is 29.8 Å². The molecular weight excluding hydrogens is 200 g/mol. The van der Waals surface area contributed by atoms with Gasteiger partial charge in [0.15, 0.2) is 0 Å². The molecule has 0 saturated carbocycles. The van der Waals surface area contributed by atoms with Gasteiger partial charge in [-0.25, -0.2) is 4.79 Å². The molecule has 1 aromatic carbocycles. The first-order valence-electron chi connectivity index (χ1n) is 5.27. The summed E-state index contributed by atoms with van der Waals surface area (Å²) in [7, 11) is 0. The number of carbonyl (C=O) groups excluding carboxylic acids is 1. The summed E-state index contributed by atoms with van der Waals surface area (Å²) in [5.74, 6) is 2.53. The number of benzene rings is 1. The van der Waals surface area contributed by atoms with Gasteiger partial charge in [-0.2, -0.15) is 0 Å². The van der Waals surface area contributed by atoms with E-state index in [4.69, 9.17) is 6.42 Å². The van der Waals surface area contributed by atoms with Gasteiger partial charge in [0.1, 0.15) is 0 Å². The Balaban J connectivity index is 2.32. The Hall–Kier alpha value is -1.95. The smallest absolute Gasteiger partial charge is 0.319 e. The van der Waals surface area contributed by atoms with Crippen molar-refractivity contribution in [3.8, 4) is 12.3 Å². The average molecular weight is 216 g/mol. The number of hydrogen-bond donors (Lipinski definition) is 2. The van der Waals surface area contributed by atoms with Crippen LogP contribution in [0.1, 0.15) is 18.4 Å². The Bertz CT molecular complexity index is 393. The van der Waals surface area contributed by atoms with Crippen LogP contribution >= 0.6 is 0 Å². The van der Waals surface area contributed by atoms with Crippen molar-refractivity contribution in [3.63, 3.8) is 0 Å². The number of hydrogen-bond acceptors (Lipinski definition) is 1. The third kappa shape index (κ3) is 4.52. The van der Waals surface area contributed by atoms with Gasteiger partial charge in [0.2, 0.25) is 0 Å². The molecule has 0 atom stereocenters. The highest BCUT2D eigenvalue weighted by molar-refractivity contribution is 5.89. The first kappa shape index (κ1) is 12.1. The lowest BCUT2D eigenvalue weighted by Crippen LogP contribution is -2.29. The molecule has 16 heavy (non-hydrogen) atoms. The summed E-state index contributed by atoms with van der Waals surface area (Å²) in [6, 6.07) is 7.47. The van der Waals surface area contributed by atoms with Crippen LogP contribution in [0.3, 0.4) is 0 Å². The number of urea groups is 1. The molecule has 0 unspecified atom stereocenters. The third-order valence-electron chi connectivity index (χ3n) is 2.06. The van der Waals surface area contributed by atoms with Gasteiger partial charge < -0.3 is 10.6 Å². The highest BCUT2D eigenvalue weighted by Crippen LogP contribution is 2.08. The van der Waals surface area contributed by atoms with Crippen LogP contribution in [0.4, 0.5) is 10.5 Å². The maximum atomic E-state index is 11.4. The van der Waals surface area contributed by atoms with Gasteiger partial charge in [-0.3, -0.25) is 0 Å². The number of terminal acetylenes is 1. The van der Waals surface area contributed by atoms with E-state index in [9.17, 15) is 4.79 Å². The SMILES string of the molecule is C#CCCCNC(=O)Nc1cccc(C)c1. The Labute approximate surface area is 96.2 Å². The predicted molar refractivity (Wildman–Crippen MR) is 66.3 cm³/mol. The molecule has 0 aliphatic rings. The Morgan fingerprint density at radius 1 is 1.50 bits per heavy atom. The maximum Gasteiger partial charge on any atom is 0.319 e. The van der Waals surface area contributed by atoms with Crippen LogP contribution in [0.5, 0.6) is 0 Å². The van der Waals surface area contributed by atoms with Crippen molar-refractivity contribution < 1.29 is 4.79 Å². The molecule has 3 nitrogen and oxygen atoms in total. The number of anilines is 1. The highest BCUT2D eigenvalue weighted by atomic mass is 16.2. The fourth-order valence-electron chi connectivity index (χ4n) is 1.29. The largest absolute Gasteiger partial charge is 0.338 e. The van der Waals surface area contributed by atoms with Crippen LogP contribution in [0.25, 0.3) is 0 Å². The molecule has 0 aromatic heterocycles. The molecule has 0 radical (unpaired) electrons. The number of unbranched alkanes of at least 4 members (excludes halogenated alkanes) is 1. The van der Waals surface area contributed by atoms with E-state index in [0.717, 1.165) is 17.7 Å². The Morgan fingerprint density at radius 3 is 3.00 bits per heavy atom. The zero-order chi connectivity index (χ0) is 11.8. The third-order valence-corrected chi connectivity index (χ3v) is 2.06. The summed E-state index contributed by atoms with van der Waals surface area (Å²) in [4.78, 5) is 11.4. The normalized spacial score (nSPS) is 9.25. The van der Waals surface area contributed by atoms with Crippen LogP contribution in [-0.2, 0) is 0 Å². The van der Waals surface area contributed by atoms with Crippen LogP contribution < -0.4 is 10.6 Å². The molecule has 84 valence electrons. The van der Waals surface area contributed by atoms with Crippen molar-refractivity contribution in [2.24, 2.45) is 0 Å². The van der Waals surface area contributed by atoms with E-state index in [1.165, 1.54) is 0 Å². The number of rotatable bonds is 4. The molecule has 0 aliphatic heterocycles. The Kier molecular flexibility index (Phi) is 4.94. The number of carbonyl (C=O) groups is 1. The van der Waals surface area contributed by atoms with E-state index >= 15 is 0 Å². The van der Waals surface area contributed by atoms with Crippen molar-refractivity contribution in [1.82, 2.24) is 5.32 Å². The second kappa shape index (κ2) is 6.52. The minimum absolute atomic E-state index is 0.192. The molecule has 0 aliphatic carbocycles. The van der Waals surface area contributed by atoms with Crippen LogP contribution in [0.2, 0.25) is 0 Å². The van der Waals surface area contributed by atoms with Crippen LogP contribution in [0.15, 0.2) is 24.3 Å². The lowest BCUT2D eigenvalue weighted by atomic mass is 10.2. The van der Waals surface area contributed by atoms with Crippen LogP contribution in [-0.4, -0.2) is 12.6 Å². The number of amides is 2. The minimum atomic E-state index is -0.192. The molecule has 2 N–H and O–H groups in total. The summed E-state index contributed by atoms with van der Waals surface area (Å²) in [5, 5.41) is 5.50. The van der Waals surface area contributed by atoms with Crippen molar-refractivity contribution in [2.45, 2.75) is 19.8 Å². The van der Waals surface area contributed by atoms with Gasteiger partial charge in [-0.1, -0.05) is 12.1 Å². The highest BCUT2D eigenvalue weighted by Gasteiger charge is 1.99. The van der Waals surface area contributed by atoms with E-state index in [2.05, 4.69) is 16.6 Å². The quantitative estimate of drug-likeness (QED) is 0.589. The average Bonchev–Trinajstić information content (AvgIpc) is 2.24. The van der Waals surface area contributed by atoms with Crippen molar-refractivity contribution >= 4 is 11.7 Å². The molecule has 1 aromatic rings. The number of nitrogens with one attached hydrogen (secondary N) is 2. The molecule has 0 saturated heterocycles. The molecule has 1 rings (SSSR count). The van der Waals surface area contributed by atoms with E-state index in [1.807, 2.05) is 31.2 Å². The summed E-state index contributed by atoms with van der Waals surface area (Å²) < 4.78 is 0. The topological polar surface area (TPSA) is 41.1 Å². The maximum absolute atomic E-state index is 11.4. The van der Waals surface area contributed by atoms with E-state index in [1.54, 1.807) is 0 Å². The van der Waals surface area contributed by atoms with E-state index in [-0.39, 0.29) is 6.03 Å². The van der Waals surface area contributed by atoms with Gasteiger partial charge >= 0.3 is 6.03 Å². The van der Waals surface area contributed by atoms with Gasteiger partial charge in [-0.05, 0) is 31.0 Å². The molecule has 3 heteroatoms. The second-order valence-electron chi connectivity index (χ2n) is 3.56. The summed E-state index contributed by atoms with van der Waals surface area (Å²) >= 11 is 0. The Morgan fingerprint density at radius 2 is 2.31 bits per heavy atom. The lowest BCUT2D eigenvalue weighted by molar-refractivity contribution is 0.252. The summed E-state index contributed by atoms with van der Waals surface area (Å²) in [5.41, 5.74) is 1.92. The lowest BCUT2D eigenvalue weighted by Gasteiger charge is -2.07. The molecule has 0 heterocycles. The molecule has 2 amide bonds. The fraction of sp³-hybridized carbons (Fsp3) is 0.308. The van der Waals surface area contributed by atoms with Crippen molar-refractivity contribution in [2.75, 3.05) is 11.9 Å². The van der Waals surface area contributed by atoms with E-state index < -0.39 is 0 Å². The molecule has 0 bridgehead atoms. The molecule has 0 fully saturated rings. The summed E-state index contributed by atoms with van der Waals surface area (Å²) in [6.07, 6.45) is 6.60. The second-order valence-corrected chi connectivity index (χ2v) is 3.56. The first-order chi connectivity index (χ1) is 7.72. The number of aryl methyl sites for hydroxylation is 1. The van der Waals surface area contributed by atoms with Gasteiger partial charge in [-0.15, -0.1) is 12.3 Å². The van der Waals surface area contributed by atoms with Crippen molar-refractivity contribution in [1.29, 1.82) is 0 Å². The first-order valence-corrected chi connectivity index (χ1v) is 5.27. The van der Waals surface area contributed by atoms with Gasteiger partial charge in [0, 0.05) is 18.7 Å².